The van der Waals surface area contributed by atoms with Gasteiger partial charge in [-0.2, -0.15) is 0 Å². The molecule has 21 heavy (non-hydrogen) atoms. The summed E-state index contributed by atoms with van der Waals surface area (Å²) in [6.45, 7) is 7.26. The molecule has 1 aromatic rings. The maximum absolute atomic E-state index is 13.4. The van der Waals surface area contributed by atoms with Gasteiger partial charge in [0, 0.05) is 31.5 Å². The van der Waals surface area contributed by atoms with Gasteiger partial charge in [-0.1, -0.05) is 0 Å². The van der Waals surface area contributed by atoms with Crippen molar-refractivity contribution in [3.05, 3.63) is 29.8 Å². The second-order valence-corrected chi connectivity index (χ2v) is 5.76. The summed E-state index contributed by atoms with van der Waals surface area (Å²) < 4.78 is 26.2. The van der Waals surface area contributed by atoms with Gasteiger partial charge in [0.05, 0.1) is 5.69 Å². The third-order valence-corrected chi connectivity index (χ3v) is 2.96. The van der Waals surface area contributed by atoms with Gasteiger partial charge in [0.2, 0.25) is 11.8 Å². The van der Waals surface area contributed by atoms with Gasteiger partial charge >= 0.3 is 0 Å². The molecule has 0 saturated heterocycles. The van der Waals surface area contributed by atoms with E-state index in [0.29, 0.717) is 6.07 Å². The normalized spacial score (nSPS) is 11.1. The number of nitrogens with zero attached hydrogens (tertiary/aromatic N) is 1. The van der Waals surface area contributed by atoms with Gasteiger partial charge in [-0.25, -0.2) is 8.78 Å². The standard InChI is InChI=1S/C15H20F2N2O2/c1-10(20)19(15(2,3)4)8-7-14(21)18-13-6-5-11(16)9-12(13)17/h5-6,9H,7-8H2,1-4H3,(H,18,21). The highest BCUT2D eigenvalue weighted by atomic mass is 19.1. The number of hydrogen-bond acceptors (Lipinski definition) is 2. The summed E-state index contributed by atoms with van der Waals surface area (Å²) >= 11 is 0. The van der Waals surface area contributed by atoms with Crippen LogP contribution in [0.3, 0.4) is 0 Å². The number of benzene rings is 1. The van der Waals surface area contributed by atoms with Crippen molar-refractivity contribution in [3.8, 4) is 0 Å². The lowest BCUT2D eigenvalue weighted by Crippen LogP contribution is -2.45. The van der Waals surface area contributed by atoms with Gasteiger partial charge in [0.15, 0.2) is 0 Å². The van der Waals surface area contributed by atoms with Crippen LogP contribution in [0.4, 0.5) is 14.5 Å². The lowest BCUT2D eigenvalue weighted by atomic mass is 10.1. The van der Waals surface area contributed by atoms with Crippen molar-refractivity contribution in [2.45, 2.75) is 39.7 Å². The van der Waals surface area contributed by atoms with Crippen LogP contribution in [0.5, 0.6) is 0 Å². The Kier molecular flexibility index (Phi) is 5.41. The van der Waals surface area contributed by atoms with E-state index in [9.17, 15) is 18.4 Å². The van der Waals surface area contributed by atoms with Crippen LogP contribution in [0, 0.1) is 11.6 Å². The summed E-state index contributed by atoms with van der Waals surface area (Å²) in [6.07, 6.45) is 0.0354. The number of rotatable bonds is 4. The fourth-order valence-electron chi connectivity index (χ4n) is 1.98. The van der Waals surface area contributed by atoms with Crippen LogP contribution in [0.15, 0.2) is 18.2 Å². The van der Waals surface area contributed by atoms with Crippen molar-refractivity contribution < 1.29 is 18.4 Å². The number of nitrogens with one attached hydrogen (secondary N) is 1. The summed E-state index contributed by atoms with van der Waals surface area (Å²) in [7, 11) is 0. The molecule has 0 atom stereocenters. The van der Waals surface area contributed by atoms with Crippen LogP contribution >= 0.6 is 0 Å². The van der Waals surface area contributed by atoms with E-state index in [1.54, 1.807) is 4.90 Å². The minimum atomic E-state index is -0.831. The molecule has 1 aromatic carbocycles. The van der Waals surface area contributed by atoms with Crippen LogP contribution in [-0.2, 0) is 9.59 Å². The first-order valence-corrected chi connectivity index (χ1v) is 6.64. The molecule has 0 aromatic heterocycles. The Hall–Kier alpha value is -1.98. The molecule has 1 N–H and O–H groups in total. The summed E-state index contributed by atoms with van der Waals surface area (Å²) in [5.74, 6) is -2.11. The molecule has 0 heterocycles. The quantitative estimate of drug-likeness (QED) is 0.929. The SMILES string of the molecule is CC(=O)N(CCC(=O)Nc1ccc(F)cc1F)C(C)(C)C. The van der Waals surface area contributed by atoms with Crippen molar-refractivity contribution in [1.29, 1.82) is 0 Å². The molecule has 1 rings (SSSR count). The van der Waals surface area contributed by atoms with Gasteiger partial charge < -0.3 is 10.2 Å². The van der Waals surface area contributed by atoms with Crippen molar-refractivity contribution in [1.82, 2.24) is 4.90 Å². The van der Waals surface area contributed by atoms with Gasteiger partial charge in [-0.3, -0.25) is 9.59 Å². The number of hydrogen-bond donors (Lipinski definition) is 1. The topological polar surface area (TPSA) is 49.4 Å². The van der Waals surface area contributed by atoms with Gasteiger partial charge in [0.1, 0.15) is 11.6 Å². The Morgan fingerprint density at radius 2 is 1.86 bits per heavy atom. The lowest BCUT2D eigenvalue weighted by Gasteiger charge is -2.34. The van der Waals surface area contributed by atoms with Gasteiger partial charge in [-0.15, -0.1) is 0 Å². The highest BCUT2D eigenvalue weighted by Crippen LogP contribution is 2.16. The van der Waals surface area contributed by atoms with Crippen LogP contribution < -0.4 is 5.32 Å². The van der Waals surface area contributed by atoms with Crippen LogP contribution in [0.1, 0.15) is 34.1 Å². The molecule has 0 aliphatic rings. The average Bonchev–Trinajstić information content (AvgIpc) is 2.30. The van der Waals surface area contributed by atoms with E-state index in [2.05, 4.69) is 5.32 Å². The third-order valence-electron chi connectivity index (χ3n) is 2.96. The van der Waals surface area contributed by atoms with E-state index >= 15 is 0 Å². The third kappa shape index (κ3) is 5.13. The fourth-order valence-corrected chi connectivity index (χ4v) is 1.98. The van der Waals surface area contributed by atoms with E-state index < -0.39 is 23.1 Å². The maximum Gasteiger partial charge on any atom is 0.226 e. The molecule has 0 aliphatic heterocycles. The van der Waals surface area contributed by atoms with E-state index in [1.807, 2.05) is 20.8 Å². The first-order chi connectivity index (χ1) is 9.61. The minimum Gasteiger partial charge on any atom is -0.338 e. The van der Waals surface area contributed by atoms with Gasteiger partial charge in [-0.05, 0) is 32.9 Å². The Morgan fingerprint density at radius 1 is 1.24 bits per heavy atom. The highest BCUT2D eigenvalue weighted by Gasteiger charge is 2.24. The van der Waals surface area contributed by atoms with Crippen molar-refractivity contribution in [2.75, 3.05) is 11.9 Å². The first kappa shape index (κ1) is 17.1. The fraction of sp³-hybridized carbons (Fsp3) is 0.467. The second-order valence-electron chi connectivity index (χ2n) is 5.76. The smallest absolute Gasteiger partial charge is 0.226 e. The number of halogens is 2. The average molecular weight is 298 g/mol. The molecule has 0 unspecified atom stereocenters. The minimum absolute atomic E-state index is 0.0354. The molecule has 2 amide bonds. The summed E-state index contributed by atoms with van der Waals surface area (Å²) in [5, 5.41) is 2.36. The van der Waals surface area contributed by atoms with E-state index in [1.165, 1.54) is 6.92 Å². The number of amides is 2. The Bertz CT molecular complexity index is 539. The predicted octanol–water partition coefficient (Wildman–Crippen LogP) is 2.94. The summed E-state index contributed by atoms with van der Waals surface area (Å²) in [4.78, 5) is 24.9. The molecule has 0 radical (unpaired) electrons. The van der Waals surface area contributed by atoms with Gasteiger partial charge in [0.25, 0.3) is 0 Å². The lowest BCUT2D eigenvalue weighted by molar-refractivity contribution is -0.134. The molecule has 0 bridgehead atoms. The van der Waals surface area contributed by atoms with E-state index in [4.69, 9.17) is 0 Å². The molecular weight excluding hydrogens is 278 g/mol. The number of carbonyl (C=O) groups is 2. The monoisotopic (exact) mass is 298 g/mol. The van der Waals surface area contributed by atoms with E-state index in [0.717, 1.165) is 12.1 Å². The highest BCUT2D eigenvalue weighted by molar-refractivity contribution is 5.91. The Labute approximate surface area is 123 Å². The molecule has 0 fully saturated rings. The van der Waals surface area contributed by atoms with E-state index in [-0.39, 0.29) is 24.6 Å². The zero-order valence-corrected chi connectivity index (χ0v) is 12.7. The Balaban J connectivity index is 2.63. The molecular formula is C15H20F2N2O2. The first-order valence-electron chi connectivity index (χ1n) is 6.64. The molecule has 0 aliphatic carbocycles. The predicted molar refractivity (Wildman–Crippen MR) is 76.7 cm³/mol. The maximum atomic E-state index is 13.4. The summed E-state index contributed by atoms with van der Waals surface area (Å²) in [6, 6.07) is 2.93. The van der Waals surface area contributed by atoms with Crippen molar-refractivity contribution in [3.63, 3.8) is 0 Å². The van der Waals surface area contributed by atoms with Crippen LogP contribution in [0.2, 0.25) is 0 Å². The van der Waals surface area contributed by atoms with Crippen molar-refractivity contribution in [2.24, 2.45) is 0 Å². The molecule has 4 nitrogen and oxygen atoms in total. The molecule has 6 heteroatoms. The largest absolute Gasteiger partial charge is 0.338 e. The zero-order valence-electron chi connectivity index (χ0n) is 12.7. The van der Waals surface area contributed by atoms with Crippen molar-refractivity contribution >= 4 is 17.5 Å². The number of carbonyl (C=O) groups excluding carboxylic acids is 2. The molecule has 0 spiro atoms. The molecule has 0 saturated carbocycles. The van der Waals surface area contributed by atoms with Crippen LogP contribution in [-0.4, -0.2) is 28.8 Å². The zero-order chi connectivity index (χ0) is 16.2. The van der Waals surface area contributed by atoms with Crippen LogP contribution in [0.25, 0.3) is 0 Å². The molecule has 116 valence electrons. The number of anilines is 1. The Morgan fingerprint density at radius 3 is 2.33 bits per heavy atom. The second kappa shape index (κ2) is 6.65. The summed E-state index contributed by atoms with van der Waals surface area (Å²) in [5.41, 5.74) is -0.473.